The molecule has 0 bridgehead atoms. The number of pyridine rings is 1. The normalized spacial score (nSPS) is 17.4. The van der Waals surface area contributed by atoms with Crippen LogP contribution in [-0.4, -0.2) is 33.9 Å². The second-order valence-corrected chi connectivity index (χ2v) is 8.95. The van der Waals surface area contributed by atoms with Gasteiger partial charge in [0.15, 0.2) is 5.13 Å². The zero-order valence-corrected chi connectivity index (χ0v) is 19.4. The molecule has 35 heavy (non-hydrogen) atoms. The van der Waals surface area contributed by atoms with Gasteiger partial charge in [0.25, 0.3) is 5.78 Å². The minimum atomic E-state index is -1.14. The third-order valence-electron chi connectivity index (χ3n) is 5.49. The largest absolute Gasteiger partial charge is 0.507 e. The zero-order chi connectivity index (χ0) is 24.9. The summed E-state index contributed by atoms with van der Waals surface area (Å²) in [6.45, 7) is 0. The first-order chi connectivity index (χ1) is 16.8. The van der Waals surface area contributed by atoms with E-state index in [1.54, 1.807) is 12.1 Å². The van der Waals surface area contributed by atoms with E-state index in [1.165, 1.54) is 37.7 Å². The standard InChI is InChI=1S/C24H14ClF2N3O4S/c1-34-17-5-4-12(26)7-13(17)21(31)19-20(11-3-2-6-28-10-11)30(23(33)22(19)32)24-29-16-8-14(25)15(27)9-18(16)35-24/h2-10,20,31H,1H3/b21-19+. The van der Waals surface area contributed by atoms with Crippen molar-refractivity contribution in [3.63, 3.8) is 0 Å². The Hall–Kier alpha value is -3.89. The lowest BCUT2D eigenvalue weighted by Gasteiger charge is -2.22. The predicted molar refractivity (Wildman–Crippen MR) is 127 cm³/mol. The molecule has 2 aromatic carbocycles. The lowest BCUT2D eigenvalue weighted by molar-refractivity contribution is -0.132. The van der Waals surface area contributed by atoms with Crippen LogP contribution in [0.25, 0.3) is 16.0 Å². The van der Waals surface area contributed by atoms with Gasteiger partial charge in [-0.05, 0) is 42.0 Å². The number of ether oxygens (including phenoxy) is 1. The second kappa shape index (κ2) is 8.71. The van der Waals surface area contributed by atoms with Crippen molar-refractivity contribution in [1.82, 2.24) is 9.97 Å². The number of hydrogen-bond acceptors (Lipinski definition) is 7. The Morgan fingerprint density at radius 1 is 1.20 bits per heavy atom. The summed E-state index contributed by atoms with van der Waals surface area (Å²) in [6, 6.07) is 8.03. The molecule has 3 heterocycles. The Morgan fingerprint density at radius 2 is 2.00 bits per heavy atom. The van der Waals surface area contributed by atoms with Crippen molar-refractivity contribution in [3.8, 4) is 5.75 Å². The highest BCUT2D eigenvalue weighted by molar-refractivity contribution is 7.22. The number of benzene rings is 2. The second-order valence-electron chi connectivity index (χ2n) is 7.53. The van der Waals surface area contributed by atoms with Crippen LogP contribution in [0.4, 0.5) is 13.9 Å². The van der Waals surface area contributed by atoms with Crippen molar-refractivity contribution in [3.05, 3.63) is 88.2 Å². The average molecular weight is 514 g/mol. The highest BCUT2D eigenvalue weighted by Crippen LogP contribution is 2.45. The Kier molecular flexibility index (Phi) is 5.70. The summed E-state index contributed by atoms with van der Waals surface area (Å²) in [5, 5.41) is 11.1. The summed E-state index contributed by atoms with van der Waals surface area (Å²) in [5.74, 6) is -3.83. The minimum absolute atomic E-state index is 0.0860. The van der Waals surface area contributed by atoms with Crippen molar-refractivity contribution < 1.29 is 28.2 Å². The number of carbonyl (C=O) groups is 2. The number of halogens is 3. The highest BCUT2D eigenvalue weighted by Gasteiger charge is 2.48. The number of carbonyl (C=O) groups excluding carboxylic acids is 2. The van der Waals surface area contributed by atoms with Gasteiger partial charge in [-0.2, -0.15) is 0 Å². The van der Waals surface area contributed by atoms with E-state index in [0.717, 1.165) is 28.4 Å². The lowest BCUT2D eigenvalue weighted by atomic mass is 9.96. The smallest absolute Gasteiger partial charge is 0.301 e. The summed E-state index contributed by atoms with van der Waals surface area (Å²) in [6.07, 6.45) is 2.94. The van der Waals surface area contributed by atoms with E-state index < -0.39 is 35.1 Å². The Labute approximate surface area is 205 Å². The van der Waals surface area contributed by atoms with E-state index >= 15 is 0 Å². The van der Waals surface area contributed by atoms with E-state index in [2.05, 4.69) is 9.97 Å². The molecule has 2 aromatic heterocycles. The number of Topliss-reactive ketones (excluding diaryl/α,β-unsaturated/α-hetero) is 1. The maximum absolute atomic E-state index is 14.0. The molecule has 4 aromatic rings. The van der Waals surface area contributed by atoms with Gasteiger partial charge in [-0.15, -0.1) is 0 Å². The van der Waals surface area contributed by atoms with Crippen LogP contribution in [0, 0.1) is 11.6 Å². The zero-order valence-electron chi connectivity index (χ0n) is 17.8. The molecule has 1 unspecified atom stereocenters. The molecule has 0 aliphatic carbocycles. The van der Waals surface area contributed by atoms with E-state index in [-0.39, 0.29) is 27.0 Å². The molecule has 0 spiro atoms. The Balaban J connectivity index is 1.75. The quantitative estimate of drug-likeness (QED) is 0.227. The van der Waals surface area contributed by atoms with E-state index in [0.29, 0.717) is 15.8 Å². The number of amides is 1. The van der Waals surface area contributed by atoms with Gasteiger partial charge in [-0.25, -0.2) is 13.8 Å². The van der Waals surface area contributed by atoms with Crippen LogP contribution in [0.1, 0.15) is 17.2 Å². The lowest BCUT2D eigenvalue weighted by Crippen LogP contribution is -2.29. The van der Waals surface area contributed by atoms with Gasteiger partial charge in [0.2, 0.25) is 0 Å². The van der Waals surface area contributed by atoms with E-state index in [9.17, 15) is 23.5 Å². The van der Waals surface area contributed by atoms with Crippen LogP contribution >= 0.6 is 22.9 Å². The van der Waals surface area contributed by atoms with Crippen LogP contribution in [0.5, 0.6) is 5.75 Å². The first kappa shape index (κ1) is 22.9. The maximum Gasteiger partial charge on any atom is 0.301 e. The average Bonchev–Trinajstić information content (AvgIpc) is 3.37. The molecule has 1 atom stereocenters. The molecular formula is C24H14ClF2N3O4S. The molecular weight excluding hydrogens is 500 g/mol. The fourth-order valence-corrected chi connectivity index (χ4v) is 5.06. The summed E-state index contributed by atoms with van der Waals surface area (Å²) in [7, 11) is 1.33. The molecule has 1 fully saturated rings. The summed E-state index contributed by atoms with van der Waals surface area (Å²) in [5.41, 5.74) is 0.329. The number of thiazole rings is 1. The Bertz CT molecular complexity index is 1500. The number of rotatable bonds is 4. The predicted octanol–water partition coefficient (Wildman–Crippen LogP) is 5.26. The molecule has 1 aliphatic heterocycles. The van der Waals surface area contributed by atoms with Crippen LogP contribution < -0.4 is 9.64 Å². The maximum atomic E-state index is 14.0. The van der Waals surface area contributed by atoms with Crippen molar-refractivity contribution >= 4 is 55.7 Å². The highest BCUT2D eigenvalue weighted by atomic mass is 35.5. The molecule has 7 nitrogen and oxygen atoms in total. The number of anilines is 1. The number of hydrogen-bond donors (Lipinski definition) is 1. The first-order valence-corrected chi connectivity index (χ1v) is 11.3. The Morgan fingerprint density at radius 3 is 2.71 bits per heavy atom. The van der Waals surface area contributed by atoms with Crippen LogP contribution in [0.2, 0.25) is 5.02 Å². The molecule has 0 radical (unpaired) electrons. The summed E-state index contributed by atoms with van der Waals surface area (Å²) in [4.78, 5) is 36.0. The number of aliphatic hydroxyl groups excluding tert-OH is 1. The molecule has 1 saturated heterocycles. The number of ketones is 1. The molecule has 1 amide bonds. The van der Waals surface area contributed by atoms with Gasteiger partial charge in [0.05, 0.1) is 39.5 Å². The fraction of sp³-hybridized carbons (Fsp3) is 0.0833. The van der Waals surface area contributed by atoms with Gasteiger partial charge in [-0.1, -0.05) is 29.0 Å². The van der Waals surface area contributed by atoms with Crippen molar-refractivity contribution in [2.75, 3.05) is 12.0 Å². The molecule has 5 rings (SSSR count). The SMILES string of the molecule is COc1ccc(F)cc1/C(O)=C1\C(=O)C(=O)N(c2nc3cc(Cl)c(F)cc3s2)C1c1cccnc1. The number of aliphatic hydroxyl groups is 1. The molecule has 0 saturated carbocycles. The van der Waals surface area contributed by atoms with Gasteiger partial charge in [0, 0.05) is 12.4 Å². The molecule has 11 heteroatoms. The topological polar surface area (TPSA) is 92.6 Å². The van der Waals surface area contributed by atoms with Crippen molar-refractivity contribution in [2.45, 2.75) is 6.04 Å². The van der Waals surface area contributed by atoms with Crippen LogP contribution in [0.3, 0.4) is 0 Å². The third kappa shape index (κ3) is 3.80. The first-order valence-electron chi connectivity index (χ1n) is 10.1. The summed E-state index contributed by atoms with van der Waals surface area (Å²) >= 11 is 6.85. The molecule has 1 N–H and O–H groups in total. The van der Waals surface area contributed by atoms with Gasteiger partial charge in [0.1, 0.15) is 23.1 Å². The third-order valence-corrected chi connectivity index (χ3v) is 6.79. The van der Waals surface area contributed by atoms with Gasteiger partial charge >= 0.3 is 5.91 Å². The number of aromatic nitrogens is 2. The number of nitrogens with zero attached hydrogens (tertiary/aromatic N) is 3. The number of methoxy groups -OCH3 is 1. The van der Waals surface area contributed by atoms with Gasteiger partial charge < -0.3 is 9.84 Å². The van der Waals surface area contributed by atoms with Crippen molar-refractivity contribution in [1.29, 1.82) is 0 Å². The van der Waals surface area contributed by atoms with E-state index in [4.69, 9.17) is 16.3 Å². The molecule has 176 valence electrons. The van der Waals surface area contributed by atoms with Crippen molar-refractivity contribution in [2.24, 2.45) is 0 Å². The monoisotopic (exact) mass is 513 g/mol. The van der Waals surface area contributed by atoms with E-state index in [1.807, 2.05) is 0 Å². The molecule has 1 aliphatic rings. The van der Waals surface area contributed by atoms with Gasteiger partial charge in [-0.3, -0.25) is 19.5 Å². The number of fused-ring (bicyclic) bond motifs is 1. The van der Waals surface area contributed by atoms with Crippen LogP contribution in [0.15, 0.2) is 60.4 Å². The fourth-order valence-electron chi connectivity index (χ4n) is 3.91. The van der Waals surface area contributed by atoms with Crippen LogP contribution in [-0.2, 0) is 9.59 Å². The minimum Gasteiger partial charge on any atom is -0.507 e. The summed E-state index contributed by atoms with van der Waals surface area (Å²) < 4.78 is 33.7.